The number of benzene rings is 6. The fourth-order valence-corrected chi connectivity index (χ4v) is 9.92. The summed E-state index contributed by atoms with van der Waals surface area (Å²) in [7, 11) is -2.22. The minimum Gasteiger partial charge on any atom is -1.00 e. The third kappa shape index (κ3) is 8.16. The summed E-state index contributed by atoms with van der Waals surface area (Å²) in [6.07, 6.45) is 0. The van der Waals surface area contributed by atoms with Gasteiger partial charge in [-0.05, 0) is 67.5 Å². The van der Waals surface area contributed by atoms with Crippen LogP contribution in [-0.2, 0) is 22.4 Å². The van der Waals surface area contributed by atoms with E-state index in [1.807, 2.05) is 0 Å². The third-order valence-corrected chi connectivity index (χ3v) is 12.6. The van der Waals surface area contributed by atoms with Crippen LogP contribution >= 0.6 is 15.2 Å². The van der Waals surface area contributed by atoms with Gasteiger partial charge in [0.05, 0.1) is 15.9 Å². The van der Waals surface area contributed by atoms with Crippen LogP contribution in [0, 0.1) is 6.66 Å². The van der Waals surface area contributed by atoms with E-state index in [9.17, 15) is 0 Å². The van der Waals surface area contributed by atoms with Gasteiger partial charge in [0.25, 0.3) is 0 Å². The number of halogens is 1. The summed E-state index contributed by atoms with van der Waals surface area (Å²) >= 11 is 0. The molecule has 0 aliphatic rings. The Balaban J connectivity index is 0.000000215. The van der Waals surface area contributed by atoms with Crippen molar-refractivity contribution in [3.05, 3.63) is 189 Å². The average molecular weight is 771 g/mol. The molecule has 0 saturated heterocycles. The minimum atomic E-state index is -1.78. The first-order valence-electron chi connectivity index (χ1n) is 13.1. The molecule has 0 saturated carbocycles. The average Bonchev–Trinajstić information content (AvgIpc) is 3.04. The molecule has 0 N–H and O–H groups in total. The quantitative estimate of drug-likeness (QED) is 0.135. The molecule has 0 spiro atoms. The Morgan fingerprint density at radius 2 is 0.537 bits per heavy atom. The van der Waals surface area contributed by atoms with Crippen molar-refractivity contribution >= 4 is 47.0 Å². The van der Waals surface area contributed by atoms with Crippen molar-refractivity contribution in [3.8, 4) is 0 Å². The van der Waals surface area contributed by atoms with Gasteiger partial charge in [-0.3, -0.25) is 0 Å². The maximum atomic E-state index is 4.69. The summed E-state index contributed by atoms with van der Waals surface area (Å²) in [5.74, 6) is 0. The second-order valence-corrected chi connectivity index (χ2v) is 14.5. The van der Waals surface area contributed by atoms with Crippen molar-refractivity contribution in [1.29, 1.82) is 0 Å². The van der Waals surface area contributed by atoms with Crippen LogP contribution in [0.5, 0.6) is 0 Å². The van der Waals surface area contributed by atoms with Crippen molar-refractivity contribution in [2.45, 2.75) is 0 Å². The van der Waals surface area contributed by atoms with E-state index in [4.69, 9.17) is 6.66 Å². The Morgan fingerprint density at radius 1 is 0.341 bits per heavy atom. The van der Waals surface area contributed by atoms with Crippen LogP contribution in [0.2, 0.25) is 0 Å². The van der Waals surface area contributed by atoms with Crippen molar-refractivity contribution in [1.82, 2.24) is 0 Å². The normalized spacial score (nSPS) is 10.4. The van der Waals surface area contributed by atoms with E-state index < -0.39 is 15.2 Å². The van der Waals surface area contributed by atoms with E-state index in [2.05, 4.69) is 182 Å². The van der Waals surface area contributed by atoms with Crippen LogP contribution in [0.25, 0.3) is 0 Å². The molecule has 0 nitrogen and oxygen atoms in total. The number of hydrogen-bond acceptors (Lipinski definition) is 0. The van der Waals surface area contributed by atoms with Gasteiger partial charge in [-0.25, -0.2) is 0 Å². The van der Waals surface area contributed by atoms with Crippen molar-refractivity contribution in [3.63, 3.8) is 0 Å². The Kier molecular flexibility index (Phi) is 13.2. The molecule has 0 aliphatic heterocycles. The van der Waals surface area contributed by atoms with E-state index in [1.165, 1.54) is 31.8 Å². The van der Waals surface area contributed by atoms with Gasteiger partial charge in [-0.2, -0.15) is 6.66 Å². The van der Waals surface area contributed by atoms with E-state index in [-0.39, 0.29) is 34.8 Å². The molecule has 4 heteroatoms. The molecule has 0 fully saturated rings. The topological polar surface area (TPSA) is 0 Å². The molecule has 41 heavy (non-hydrogen) atoms. The van der Waals surface area contributed by atoms with Crippen LogP contribution in [0.15, 0.2) is 182 Å². The summed E-state index contributed by atoms with van der Waals surface area (Å²) in [5.41, 5.74) is 0. The van der Waals surface area contributed by atoms with Gasteiger partial charge >= 0.3 is 22.4 Å². The molecule has 6 aromatic carbocycles. The number of hydrogen-bond donors (Lipinski definition) is 0. The molecule has 0 heterocycles. The van der Waals surface area contributed by atoms with Gasteiger partial charge in [0.1, 0.15) is 0 Å². The van der Waals surface area contributed by atoms with E-state index in [0.717, 1.165) is 0 Å². The molecule has 0 amide bonds. The van der Waals surface area contributed by atoms with Gasteiger partial charge in [0.15, 0.2) is 0 Å². The molecule has 0 aliphatic carbocycles. The summed E-state index contributed by atoms with van der Waals surface area (Å²) < 4.78 is 0. The zero-order valence-electron chi connectivity index (χ0n) is 22.6. The standard InChI is InChI=1S/C19H17P.C18H15P.Au.ClH/c1-20(17-11-5-2-6-12-17,18-13-7-3-8-14-18)19-15-9-4-10-16-19;1-4-10-16(11-5-1)19(17-12-6-2-7-13-17)18-14-8-3-9-15-18;;/h2-16H,1H2;1-15H;;1H/q;;+1;/p-1. The first kappa shape index (κ1) is 32.7. The first-order chi connectivity index (χ1) is 19.3. The Hall–Kier alpha value is -2.79. The molecule has 0 bridgehead atoms. The maximum Gasteiger partial charge on any atom is 1.00 e. The van der Waals surface area contributed by atoms with Crippen LogP contribution in [-0.4, -0.2) is 0 Å². The maximum absolute atomic E-state index is 4.69. The SMILES string of the molecule is [Au+].[CH2-][P+](c1ccccc1)(c1ccccc1)c1ccccc1.[Cl-].c1ccc(P(c2ccccc2)c2ccccc2)cc1. The largest absolute Gasteiger partial charge is 1.00 e. The summed E-state index contributed by atoms with van der Waals surface area (Å²) in [6, 6.07) is 64.3. The molecule has 0 unspecified atom stereocenters. The third-order valence-electron chi connectivity index (χ3n) is 6.63. The Bertz CT molecular complexity index is 1340. The fraction of sp³-hybridized carbons (Fsp3) is 0. The van der Waals surface area contributed by atoms with Gasteiger partial charge in [-0.1, -0.05) is 146 Å². The zero-order valence-corrected chi connectivity index (χ0v) is 27.3. The van der Waals surface area contributed by atoms with Crippen LogP contribution < -0.4 is 44.2 Å². The van der Waals surface area contributed by atoms with E-state index in [0.29, 0.717) is 0 Å². The molecular formula is C37H32AuClP2. The predicted molar refractivity (Wildman–Crippen MR) is 176 cm³/mol. The van der Waals surface area contributed by atoms with Gasteiger partial charge in [-0.15, -0.1) is 0 Å². The summed E-state index contributed by atoms with van der Waals surface area (Å²) in [6.45, 7) is 4.69. The Labute approximate surface area is 268 Å². The van der Waals surface area contributed by atoms with Crippen molar-refractivity contribution < 1.29 is 34.8 Å². The van der Waals surface area contributed by atoms with E-state index >= 15 is 0 Å². The van der Waals surface area contributed by atoms with Crippen LogP contribution in [0.3, 0.4) is 0 Å². The van der Waals surface area contributed by atoms with Crippen molar-refractivity contribution in [2.75, 3.05) is 0 Å². The monoisotopic (exact) mass is 770 g/mol. The molecule has 6 rings (SSSR count). The smallest absolute Gasteiger partial charge is 1.00 e. The second-order valence-electron chi connectivity index (χ2n) is 9.16. The second kappa shape index (κ2) is 16.6. The molecule has 6 aromatic rings. The van der Waals surface area contributed by atoms with Crippen molar-refractivity contribution in [2.24, 2.45) is 0 Å². The Morgan fingerprint density at radius 3 is 0.756 bits per heavy atom. The summed E-state index contributed by atoms with van der Waals surface area (Å²) in [5, 5.41) is 8.15. The van der Waals surface area contributed by atoms with E-state index in [1.54, 1.807) is 0 Å². The molecule has 208 valence electrons. The zero-order chi connectivity index (χ0) is 26.8. The van der Waals surface area contributed by atoms with Gasteiger partial charge in [0, 0.05) is 0 Å². The number of rotatable bonds is 6. The van der Waals surface area contributed by atoms with Gasteiger partial charge < -0.3 is 12.4 Å². The molecule has 0 radical (unpaired) electrons. The molecule has 0 atom stereocenters. The van der Waals surface area contributed by atoms with Gasteiger partial charge in [0.2, 0.25) is 0 Å². The predicted octanol–water partition coefficient (Wildman–Crippen LogP) is 4.22. The molecule has 0 aromatic heterocycles. The fourth-order valence-electron chi connectivity index (χ4n) is 4.67. The first-order valence-corrected chi connectivity index (χ1v) is 16.4. The van der Waals surface area contributed by atoms with Crippen LogP contribution in [0.4, 0.5) is 0 Å². The molecular weight excluding hydrogens is 739 g/mol. The van der Waals surface area contributed by atoms with Crippen LogP contribution in [0.1, 0.15) is 0 Å². The summed E-state index contributed by atoms with van der Waals surface area (Å²) in [4.78, 5) is 0. The minimum absolute atomic E-state index is 0.